The summed E-state index contributed by atoms with van der Waals surface area (Å²) in [4.78, 5) is 12.9. The number of hydrogen-bond acceptors (Lipinski definition) is 4. The van der Waals surface area contributed by atoms with Crippen molar-refractivity contribution in [1.29, 1.82) is 0 Å². The zero-order valence-corrected chi connectivity index (χ0v) is 11.7. The highest BCUT2D eigenvalue weighted by atomic mass is 32.2. The maximum absolute atomic E-state index is 13.1. The van der Waals surface area contributed by atoms with E-state index in [-0.39, 0.29) is 24.3 Å². The Morgan fingerprint density at radius 1 is 1.50 bits per heavy atom. The Balaban J connectivity index is 2.11. The normalized spacial score (nSPS) is 14.9. The van der Waals surface area contributed by atoms with Crippen LogP contribution in [0.5, 0.6) is 5.75 Å². The summed E-state index contributed by atoms with van der Waals surface area (Å²) in [5.74, 6) is -1.15. The smallest absolute Gasteiger partial charge is 0.260 e. The lowest BCUT2D eigenvalue weighted by Crippen LogP contribution is -2.33. The molecule has 0 aromatic heterocycles. The van der Waals surface area contributed by atoms with Crippen LogP contribution < -0.4 is 9.88 Å². The summed E-state index contributed by atoms with van der Waals surface area (Å²) in [5, 5.41) is 4.98. The molecule has 0 aliphatic heterocycles. The second-order valence-electron chi connectivity index (χ2n) is 4.66. The molecule has 8 heteroatoms. The first-order valence-electron chi connectivity index (χ1n) is 6.00. The molecular formula is C12H15FN2O4S. The number of carbonyl (C=O) groups is 1. The first-order chi connectivity index (χ1) is 9.29. The van der Waals surface area contributed by atoms with Gasteiger partial charge in [-0.25, -0.2) is 17.9 Å². The molecule has 0 atom stereocenters. The maximum atomic E-state index is 13.1. The van der Waals surface area contributed by atoms with Gasteiger partial charge >= 0.3 is 0 Å². The van der Waals surface area contributed by atoms with E-state index in [2.05, 4.69) is 0 Å². The Labute approximate surface area is 116 Å². The molecule has 1 aliphatic rings. The largest absolute Gasteiger partial charge is 0.482 e. The highest BCUT2D eigenvalue weighted by Crippen LogP contribution is 2.26. The lowest BCUT2D eigenvalue weighted by molar-refractivity contribution is -0.132. The molecule has 2 rings (SSSR count). The minimum Gasteiger partial charge on any atom is -0.482 e. The van der Waals surface area contributed by atoms with E-state index in [0.717, 1.165) is 31.0 Å². The van der Waals surface area contributed by atoms with Gasteiger partial charge in [0, 0.05) is 13.1 Å². The quantitative estimate of drug-likeness (QED) is 0.856. The summed E-state index contributed by atoms with van der Waals surface area (Å²) in [7, 11) is -2.46. The van der Waals surface area contributed by atoms with Crippen molar-refractivity contribution in [2.75, 3.05) is 13.7 Å². The number of carbonyl (C=O) groups excluding carboxylic acids is 1. The Kier molecular flexibility index (Phi) is 3.96. The van der Waals surface area contributed by atoms with Crippen molar-refractivity contribution in [2.24, 2.45) is 5.14 Å². The van der Waals surface area contributed by atoms with Gasteiger partial charge in [-0.3, -0.25) is 4.79 Å². The molecular weight excluding hydrogens is 287 g/mol. The van der Waals surface area contributed by atoms with Gasteiger partial charge in [0.15, 0.2) is 6.61 Å². The molecule has 0 unspecified atom stereocenters. The fourth-order valence-electron chi connectivity index (χ4n) is 1.73. The Bertz CT molecular complexity index is 628. The molecule has 1 aromatic carbocycles. The molecule has 0 heterocycles. The summed E-state index contributed by atoms with van der Waals surface area (Å²) in [6.07, 6.45) is 1.92. The number of halogens is 1. The van der Waals surface area contributed by atoms with Crippen LogP contribution >= 0.6 is 0 Å². The summed E-state index contributed by atoms with van der Waals surface area (Å²) >= 11 is 0. The highest BCUT2D eigenvalue weighted by Gasteiger charge is 2.29. The van der Waals surface area contributed by atoms with E-state index in [1.54, 1.807) is 11.9 Å². The molecule has 1 fully saturated rings. The van der Waals surface area contributed by atoms with Crippen LogP contribution in [0.2, 0.25) is 0 Å². The number of nitrogens with two attached hydrogens (primary N) is 1. The first-order valence-corrected chi connectivity index (χ1v) is 7.54. The number of hydrogen-bond donors (Lipinski definition) is 1. The fraction of sp³-hybridized carbons (Fsp3) is 0.417. The molecule has 20 heavy (non-hydrogen) atoms. The van der Waals surface area contributed by atoms with E-state index in [9.17, 15) is 17.6 Å². The maximum Gasteiger partial charge on any atom is 0.260 e. The minimum atomic E-state index is -4.12. The molecule has 1 saturated carbocycles. The number of sulfonamides is 1. The molecule has 0 radical (unpaired) electrons. The predicted molar refractivity (Wildman–Crippen MR) is 69.1 cm³/mol. The van der Waals surface area contributed by atoms with Crippen LogP contribution in [0.15, 0.2) is 23.1 Å². The summed E-state index contributed by atoms with van der Waals surface area (Å²) in [5.41, 5.74) is 0. The molecule has 1 amide bonds. The summed E-state index contributed by atoms with van der Waals surface area (Å²) < 4.78 is 40.9. The van der Waals surface area contributed by atoms with E-state index in [4.69, 9.17) is 9.88 Å². The number of amides is 1. The number of rotatable bonds is 5. The number of primary sulfonamides is 1. The van der Waals surface area contributed by atoms with Gasteiger partial charge in [-0.15, -0.1) is 0 Å². The van der Waals surface area contributed by atoms with Gasteiger partial charge in [0.25, 0.3) is 5.91 Å². The van der Waals surface area contributed by atoms with E-state index in [1.807, 2.05) is 0 Å². The Hall–Kier alpha value is -1.67. The van der Waals surface area contributed by atoms with Crippen LogP contribution in [-0.4, -0.2) is 38.9 Å². The van der Waals surface area contributed by atoms with Crippen molar-refractivity contribution in [3.8, 4) is 5.75 Å². The number of benzene rings is 1. The molecule has 0 saturated heterocycles. The van der Waals surface area contributed by atoms with E-state index in [1.165, 1.54) is 0 Å². The molecule has 0 bridgehead atoms. The van der Waals surface area contributed by atoms with Crippen LogP contribution in [0.4, 0.5) is 4.39 Å². The van der Waals surface area contributed by atoms with Crippen LogP contribution in [0.25, 0.3) is 0 Å². The average Bonchev–Trinajstić information content (AvgIpc) is 3.19. The predicted octanol–water partition coefficient (Wildman–Crippen LogP) is 0.473. The molecule has 1 aromatic rings. The van der Waals surface area contributed by atoms with Crippen molar-refractivity contribution in [1.82, 2.24) is 4.90 Å². The summed E-state index contributed by atoms with van der Waals surface area (Å²) in [6.45, 7) is -0.318. The monoisotopic (exact) mass is 302 g/mol. The van der Waals surface area contributed by atoms with Crippen LogP contribution in [-0.2, 0) is 14.8 Å². The van der Waals surface area contributed by atoms with Crippen LogP contribution in [0.3, 0.4) is 0 Å². The lowest BCUT2D eigenvalue weighted by atomic mass is 10.3. The number of likely N-dealkylation sites (N-methyl/N-ethyl adjacent to an activating group) is 1. The molecule has 0 spiro atoms. The van der Waals surface area contributed by atoms with Gasteiger partial charge in [-0.05, 0) is 31.0 Å². The van der Waals surface area contributed by atoms with Gasteiger partial charge < -0.3 is 9.64 Å². The second kappa shape index (κ2) is 5.37. The van der Waals surface area contributed by atoms with Gasteiger partial charge in [-0.2, -0.15) is 0 Å². The van der Waals surface area contributed by atoms with E-state index < -0.39 is 20.7 Å². The SMILES string of the molecule is CN(C(=O)COc1ccc(F)cc1S(N)(=O)=O)C1CC1. The van der Waals surface area contributed by atoms with Gasteiger partial charge in [0.1, 0.15) is 16.5 Å². The van der Waals surface area contributed by atoms with Crippen LogP contribution in [0, 0.1) is 5.82 Å². The van der Waals surface area contributed by atoms with Gasteiger partial charge in [-0.1, -0.05) is 0 Å². The third kappa shape index (κ3) is 3.45. The molecule has 1 aliphatic carbocycles. The van der Waals surface area contributed by atoms with Crippen molar-refractivity contribution >= 4 is 15.9 Å². The third-order valence-corrected chi connectivity index (χ3v) is 3.98. The molecule has 2 N–H and O–H groups in total. The topological polar surface area (TPSA) is 89.7 Å². The van der Waals surface area contributed by atoms with Crippen molar-refractivity contribution in [3.05, 3.63) is 24.0 Å². The van der Waals surface area contributed by atoms with Crippen molar-refractivity contribution in [2.45, 2.75) is 23.8 Å². The molecule has 6 nitrogen and oxygen atoms in total. The third-order valence-electron chi connectivity index (χ3n) is 3.05. The second-order valence-corrected chi connectivity index (χ2v) is 6.19. The van der Waals surface area contributed by atoms with Crippen molar-refractivity contribution < 1.29 is 22.3 Å². The van der Waals surface area contributed by atoms with Gasteiger partial charge in [0.05, 0.1) is 0 Å². The van der Waals surface area contributed by atoms with E-state index >= 15 is 0 Å². The van der Waals surface area contributed by atoms with Crippen LogP contribution in [0.1, 0.15) is 12.8 Å². The zero-order valence-electron chi connectivity index (χ0n) is 10.9. The fourth-order valence-corrected chi connectivity index (χ4v) is 2.41. The Morgan fingerprint density at radius 3 is 2.70 bits per heavy atom. The zero-order chi connectivity index (χ0) is 14.9. The van der Waals surface area contributed by atoms with E-state index in [0.29, 0.717) is 0 Å². The van der Waals surface area contributed by atoms with Crippen molar-refractivity contribution in [3.63, 3.8) is 0 Å². The Morgan fingerprint density at radius 2 is 2.15 bits per heavy atom. The lowest BCUT2D eigenvalue weighted by Gasteiger charge is -2.17. The standard InChI is InChI=1S/C12H15FN2O4S/c1-15(9-3-4-9)12(16)7-19-10-5-2-8(13)6-11(10)20(14,17)18/h2,5-6,9H,3-4,7H2,1H3,(H2,14,17,18). The first kappa shape index (κ1) is 14.7. The van der Waals surface area contributed by atoms with Gasteiger partial charge in [0.2, 0.25) is 10.0 Å². The molecule has 110 valence electrons. The number of ether oxygens (including phenoxy) is 1. The number of nitrogens with zero attached hydrogens (tertiary/aromatic N) is 1. The summed E-state index contributed by atoms with van der Waals surface area (Å²) in [6, 6.07) is 3.18. The highest BCUT2D eigenvalue weighted by molar-refractivity contribution is 7.89. The average molecular weight is 302 g/mol. The minimum absolute atomic E-state index is 0.133.